The Hall–Kier alpha value is -1.58. The largest absolute Gasteiger partial charge is 0.504 e. The average molecular weight is 497 g/mol. The zero-order valence-electron chi connectivity index (χ0n) is 14.2. The summed E-state index contributed by atoms with van der Waals surface area (Å²) in [5, 5.41) is 10.1. The third-order valence-electron chi connectivity index (χ3n) is 3.73. The van der Waals surface area contributed by atoms with Crippen LogP contribution in [0.25, 0.3) is 6.08 Å². The minimum Gasteiger partial charge on any atom is -0.504 e. The molecule has 0 aliphatic carbocycles. The Morgan fingerprint density at radius 1 is 1.31 bits per heavy atom. The van der Waals surface area contributed by atoms with Gasteiger partial charge in [0, 0.05) is 0 Å². The highest BCUT2D eigenvalue weighted by atomic mass is 127. The molecule has 2 aromatic carbocycles. The van der Waals surface area contributed by atoms with Crippen LogP contribution in [0, 0.1) is 10.5 Å². The summed E-state index contributed by atoms with van der Waals surface area (Å²) in [4.78, 5) is 14.9. The number of hydrogen-bond acceptors (Lipinski definition) is 5. The van der Waals surface area contributed by atoms with Crippen molar-refractivity contribution in [3.8, 4) is 11.5 Å². The number of hydrogen-bond donors (Lipinski definition) is 1. The molecule has 0 atom stereocenters. The minimum atomic E-state index is -0.148. The molecule has 0 aromatic heterocycles. The number of anilines is 1. The van der Waals surface area contributed by atoms with E-state index in [4.69, 9.17) is 17.0 Å². The number of aromatic hydroxyl groups is 1. The number of amides is 1. The Morgan fingerprint density at radius 2 is 2.00 bits per heavy atom. The molecule has 4 nitrogen and oxygen atoms in total. The van der Waals surface area contributed by atoms with Gasteiger partial charge in [-0.1, -0.05) is 41.7 Å². The third-order valence-corrected chi connectivity index (χ3v) is 5.86. The highest BCUT2D eigenvalue weighted by Crippen LogP contribution is 2.38. The van der Waals surface area contributed by atoms with Crippen LogP contribution < -0.4 is 9.64 Å². The standard InChI is InChI=1S/C19H16INO3S2/c1-3-24-15-9-12(8-14(20)17(15)22)10-16-18(23)21(19(25)26-16)13-6-4-11(2)5-7-13/h4-10,22H,3H2,1-2H3/b16-10-. The van der Waals surface area contributed by atoms with Crippen molar-refractivity contribution in [2.45, 2.75) is 13.8 Å². The van der Waals surface area contributed by atoms with Gasteiger partial charge in [0.05, 0.1) is 20.8 Å². The molecule has 1 saturated heterocycles. The molecule has 1 aliphatic heterocycles. The van der Waals surface area contributed by atoms with Crippen LogP contribution in [-0.2, 0) is 4.79 Å². The molecule has 1 amide bonds. The molecule has 7 heteroatoms. The lowest BCUT2D eigenvalue weighted by molar-refractivity contribution is -0.113. The van der Waals surface area contributed by atoms with Gasteiger partial charge in [-0.15, -0.1) is 0 Å². The summed E-state index contributed by atoms with van der Waals surface area (Å²) < 4.78 is 6.62. The van der Waals surface area contributed by atoms with E-state index in [1.165, 1.54) is 11.8 Å². The van der Waals surface area contributed by atoms with E-state index in [9.17, 15) is 9.90 Å². The molecular weight excluding hydrogens is 481 g/mol. The Balaban J connectivity index is 1.94. The number of phenolic OH excluding ortho intramolecular Hbond substituents is 1. The minimum absolute atomic E-state index is 0.108. The Morgan fingerprint density at radius 3 is 2.65 bits per heavy atom. The van der Waals surface area contributed by atoms with Gasteiger partial charge in [0.25, 0.3) is 5.91 Å². The van der Waals surface area contributed by atoms with Gasteiger partial charge in [0.2, 0.25) is 0 Å². The maximum Gasteiger partial charge on any atom is 0.270 e. The lowest BCUT2D eigenvalue weighted by atomic mass is 10.1. The van der Waals surface area contributed by atoms with Crippen molar-refractivity contribution >= 4 is 68.6 Å². The van der Waals surface area contributed by atoms with Gasteiger partial charge in [0.15, 0.2) is 15.8 Å². The van der Waals surface area contributed by atoms with Crippen LogP contribution in [0.3, 0.4) is 0 Å². The van der Waals surface area contributed by atoms with Crippen LogP contribution in [0.4, 0.5) is 5.69 Å². The fourth-order valence-corrected chi connectivity index (χ4v) is 4.40. The maximum atomic E-state index is 12.8. The summed E-state index contributed by atoms with van der Waals surface area (Å²) in [6.07, 6.45) is 1.78. The van der Waals surface area contributed by atoms with E-state index in [0.29, 0.717) is 25.2 Å². The third kappa shape index (κ3) is 3.89. The second kappa shape index (κ2) is 7.98. The summed E-state index contributed by atoms with van der Waals surface area (Å²) in [6.45, 7) is 4.30. The summed E-state index contributed by atoms with van der Waals surface area (Å²) in [5.74, 6) is 0.362. The first-order chi connectivity index (χ1) is 12.4. The molecule has 134 valence electrons. The summed E-state index contributed by atoms with van der Waals surface area (Å²) in [6, 6.07) is 11.2. The highest BCUT2D eigenvalue weighted by Gasteiger charge is 2.33. The fraction of sp³-hybridized carbons (Fsp3) is 0.158. The van der Waals surface area contributed by atoms with Crippen LogP contribution in [0.5, 0.6) is 11.5 Å². The van der Waals surface area contributed by atoms with E-state index in [2.05, 4.69) is 0 Å². The van der Waals surface area contributed by atoms with E-state index >= 15 is 0 Å². The molecule has 1 N–H and O–H groups in total. The summed E-state index contributed by atoms with van der Waals surface area (Å²) >= 11 is 8.71. The van der Waals surface area contributed by atoms with Crippen LogP contribution in [0.1, 0.15) is 18.1 Å². The number of aryl methyl sites for hydroxylation is 1. The van der Waals surface area contributed by atoms with Gasteiger partial charge in [-0.2, -0.15) is 0 Å². The molecule has 2 aromatic rings. The predicted molar refractivity (Wildman–Crippen MR) is 119 cm³/mol. The second-order valence-electron chi connectivity index (χ2n) is 5.64. The van der Waals surface area contributed by atoms with Crippen molar-refractivity contribution in [2.75, 3.05) is 11.5 Å². The quantitative estimate of drug-likeness (QED) is 0.362. The van der Waals surface area contributed by atoms with Crippen molar-refractivity contribution < 1.29 is 14.6 Å². The number of carbonyl (C=O) groups is 1. The Labute approximate surface area is 175 Å². The lowest BCUT2D eigenvalue weighted by Gasteiger charge is -2.14. The van der Waals surface area contributed by atoms with E-state index in [-0.39, 0.29) is 11.7 Å². The fourth-order valence-electron chi connectivity index (χ4n) is 2.48. The normalized spacial score (nSPS) is 15.8. The van der Waals surface area contributed by atoms with Gasteiger partial charge < -0.3 is 9.84 Å². The number of thioether (sulfide) groups is 1. The Bertz CT molecular complexity index is 910. The van der Waals surface area contributed by atoms with E-state index < -0.39 is 0 Å². The van der Waals surface area contributed by atoms with Gasteiger partial charge >= 0.3 is 0 Å². The highest BCUT2D eigenvalue weighted by molar-refractivity contribution is 14.1. The van der Waals surface area contributed by atoms with Gasteiger partial charge in [-0.3, -0.25) is 9.69 Å². The molecule has 0 spiro atoms. The number of phenols is 1. The molecule has 26 heavy (non-hydrogen) atoms. The van der Waals surface area contributed by atoms with Crippen LogP contribution in [0.2, 0.25) is 0 Å². The van der Waals surface area contributed by atoms with E-state index in [1.807, 2.05) is 60.7 Å². The first-order valence-corrected chi connectivity index (χ1v) is 10.2. The van der Waals surface area contributed by atoms with Gasteiger partial charge in [-0.05, 0) is 72.3 Å². The number of nitrogens with zero attached hydrogens (tertiary/aromatic N) is 1. The number of ether oxygens (including phenoxy) is 1. The first-order valence-electron chi connectivity index (χ1n) is 7.90. The SMILES string of the molecule is CCOc1cc(/C=C2\SC(=S)N(c3ccc(C)cc3)C2=O)cc(I)c1O. The molecule has 0 saturated carbocycles. The summed E-state index contributed by atoms with van der Waals surface area (Å²) in [7, 11) is 0. The van der Waals surface area contributed by atoms with E-state index in [0.717, 1.165) is 16.8 Å². The zero-order valence-corrected chi connectivity index (χ0v) is 17.9. The molecule has 1 aliphatic rings. The number of thiocarbonyl (C=S) groups is 1. The van der Waals surface area contributed by atoms with Crippen molar-refractivity contribution in [1.82, 2.24) is 0 Å². The topological polar surface area (TPSA) is 49.8 Å². The van der Waals surface area contributed by atoms with Crippen molar-refractivity contribution in [1.29, 1.82) is 0 Å². The summed E-state index contributed by atoms with van der Waals surface area (Å²) in [5.41, 5.74) is 2.66. The van der Waals surface area contributed by atoms with Crippen LogP contribution in [-0.4, -0.2) is 21.9 Å². The second-order valence-corrected chi connectivity index (χ2v) is 8.47. The predicted octanol–water partition coefficient (Wildman–Crippen LogP) is 5.11. The molecule has 1 fully saturated rings. The average Bonchev–Trinajstić information content (AvgIpc) is 2.87. The number of rotatable bonds is 4. The number of halogens is 1. The van der Waals surface area contributed by atoms with Crippen molar-refractivity contribution in [3.05, 3.63) is 56.0 Å². The van der Waals surface area contributed by atoms with Crippen molar-refractivity contribution in [3.63, 3.8) is 0 Å². The zero-order chi connectivity index (χ0) is 18.8. The van der Waals surface area contributed by atoms with Gasteiger partial charge in [0.1, 0.15) is 0 Å². The molecule has 0 unspecified atom stereocenters. The molecule has 0 radical (unpaired) electrons. The number of benzene rings is 2. The first kappa shape index (κ1) is 19.2. The van der Waals surface area contributed by atoms with Gasteiger partial charge in [-0.25, -0.2) is 0 Å². The van der Waals surface area contributed by atoms with Crippen molar-refractivity contribution in [2.24, 2.45) is 0 Å². The maximum absolute atomic E-state index is 12.8. The lowest BCUT2D eigenvalue weighted by Crippen LogP contribution is -2.27. The molecule has 1 heterocycles. The number of carbonyl (C=O) groups excluding carboxylic acids is 1. The smallest absolute Gasteiger partial charge is 0.270 e. The van der Waals surface area contributed by atoms with Crippen LogP contribution in [0.15, 0.2) is 41.3 Å². The van der Waals surface area contributed by atoms with E-state index in [1.54, 1.807) is 23.1 Å². The monoisotopic (exact) mass is 497 g/mol. The van der Waals surface area contributed by atoms with Crippen LogP contribution >= 0.6 is 46.6 Å². The molecule has 3 rings (SSSR count). The Kier molecular flexibility index (Phi) is 5.89. The molecule has 0 bridgehead atoms. The molecular formula is C19H16INO3S2.